The fourth-order valence-corrected chi connectivity index (χ4v) is 1.12. The summed E-state index contributed by atoms with van der Waals surface area (Å²) in [7, 11) is 0. The van der Waals surface area contributed by atoms with Crippen molar-refractivity contribution in [1.29, 1.82) is 0 Å². The maximum absolute atomic E-state index is 10.7. The van der Waals surface area contributed by atoms with Crippen LogP contribution in [0.15, 0.2) is 30.7 Å². The molecule has 5 heteroatoms. The van der Waals surface area contributed by atoms with Gasteiger partial charge in [0.2, 0.25) is 0 Å². The average Bonchev–Trinajstić information content (AvgIpc) is 2.49. The topological polar surface area (TPSA) is 54.6 Å². The van der Waals surface area contributed by atoms with Crippen molar-refractivity contribution in [3.05, 3.63) is 36.4 Å². The molecule has 0 unspecified atom stereocenters. The van der Waals surface area contributed by atoms with Gasteiger partial charge >= 0.3 is 5.97 Å². The predicted molar refractivity (Wildman–Crippen MR) is 49.4 cm³/mol. The zero-order valence-corrected chi connectivity index (χ0v) is 7.36. The number of aromatic nitrogens is 2. The Kier molecular flexibility index (Phi) is 2.53. The summed E-state index contributed by atoms with van der Waals surface area (Å²) in [6.45, 7) is 0. The quantitative estimate of drug-likeness (QED) is 0.755. The van der Waals surface area contributed by atoms with Crippen LogP contribution in [0.1, 0.15) is 10.5 Å². The number of imidazole rings is 1. The van der Waals surface area contributed by atoms with Crippen LogP contribution < -0.4 is 0 Å². The molecule has 0 aliphatic heterocycles. The molecule has 13 heavy (non-hydrogen) atoms. The van der Waals surface area contributed by atoms with E-state index in [0.29, 0.717) is 0 Å². The molecule has 0 saturated carbocycles. The summed E-state index contributed by atoms with van der Waals surface area (Å²) < 4.78 is 1.53. The van der Waals surface area contributed by atoms with Crippen LogP contribution in [0.2, 0.25) is 0 Å². The molecule has 0 aliphatic rings. The number of rotatable bonds is 1. The van der Waals surface area contributed by atoms with Crippen LogP contribution in [0.4, 0.5) is 0 Å². The second-order valence-electron chi connectivity index (χ2n) is 2.40. The van der Waals surface area contributed by atoms with Crippen molar-refractivity contribution in [2.24, 2.45) is 0 Å². The number of halogens is 1. The number of carbonyl (C=O) groups is 1. The largest absolute Gasteiger partial charge is 0.477 e. The first kappa shape index (κ1) is 9.54. The fraction of sp³-hybridized carbons (Fsp3) is 0. The molecule has 68 valence electrons. The van der Waals surface area contributed by atoms with Crippen molar-refractivity contribution in [1.82, 2.24) is 9.38 Å². The van der Waals surface area contributed by atoms with Crippen LogP contribution in [-0.2, 0) is 0 Å². The molecule has 0 spiro atoms. The summed E-state index contributed by atoms with van der Waals surface area (Å²) in [4.78, 5) is 14.5. The lowest BCUT2D eigenvalue weighted by atomic mass is 10.3. The zero-order chi connectivity index (χ0) is 8.55. The van der Waals surface area contributed by atoms with Crippen molar-refractivity contribution in [3.8, 4) is 0 Å². The van der Waals surface area contributed by atoms with E-state index in [1.807, 2.05) is 0 Å². The van der Waals surface area contributed by atoms with E-state index >= 15 is 0 Å². The van der Waals surface area contributed by atoms with Crippen molar-refractivity contribution >= 4 is 23.9 Å². The molecule has 2 aromatic heterocycles. The second-order valence-corrected chi connectivity index (χ2v) is 2.40. The number of carboxylic acids is 1. The van der Waals surface area contributed by atoms with Gasteiger partial charge in [-0.3, -0.25) is 4.40 Å². The van der Waals surface area contributed by atoms with Gasteiger partial charge in [0.15, 0.2) is 0 Å². The summed E-state index contributed by atoms with van der Waals surface area (Å²) in [5.41, 5.74) is 1.01. The number of pyridine rings is 1. The third-order valence-corrected chi connectivity index (χ3v) is 1.67. The molecule has 0 bridgehead atoms. The summed E-state index contributed by atoms with van der Waals surface area (Å²) in [5.74, 6) is -0.946. The molecule has 1 N–H and O–H groups in total. The smallest absolute Gasteiger partial charge is 0.352 e. The molecular weight excluding hydrogens is 192 g/mol. The summed E-state index contributed by atoms with van der Waals surface area (Å²) in [5, 5.41) is 8.75. The van der Waals surface area contributed by atoms with Crippen LogP contribution >= 0.6 is 12.4 Å². The molecule has 0 atom stereocenters. The fourth-order valence-electron chi connectivity index (χ4n) is 1.12. The molecule has 0 aliphatic carbocycles. The van der Waals surface area contributed by atoms with E-state index in [1.165, 1.54) is 16.8 Å². The van der Waals surface area contributed by atoms with Gasteiger partial charge in [0, 0.05) is 0 Å². The molecular formula is C8H7ClN2O2. The van der Waals surface area contributed by atoms with Gasteiger partial charge in [0.1, 0.15) is 5.69 Å². The minimum Gasteiger partial charge on any atom is -0.477 e. The van der Waals surface area contributed by atoms with Crippen molar-refractivity contribution < 1.29 is 9.90 Å². The number of hydrogen-bond acceptors (Lipinski definition) is 2. The Morgan fingerprint density at radius 3 is 2.92 bits per heavy atom. The minimum absolute atomic E-state index is 0. The van der Waals surface area contributed by atoms with E-state index < -0.39 is 5.97 Å². The highest BCUT2D eigenvalue weighted by Gasteiger charge is 2.05. The lowest BCUT2D eigenvalue weighted by Crippen LogP contribution is -2.03. The normalized spacial score (nSPS) is 9.54. The van der Waals surface area contributed by atoms with Crippen LogP contribution in [0, 0.1) is 0 Å². The number of hydrogen-bond donors (Lipinski definition) is 1. The Labute approximate surface area is 80.2 Å². The minimum atomic E-state index is -0.946. The van der Waals surface area contributed by atoms with E-state index in [4.69, 9.17) is 5.11 Å². The number of carboxylic acid groups (broad SMARTS) is 1. The highest BCUT2D eigenvalue weighted by atomic mass is 35.5. The first-order chi connectivity index (χ1) is 5.79. The van der Waals surface area contributed by atoms with Crippen LogP contribution in [0.3, 0.4) is 0 Å². The van der Waals surface area contributed by atoms with E-state index in [-0.39, 0.29) is 18.1 Å². The van der Waals surface area contributed by atoms with Crippen LogP contribution in [-0.4, -0.2) is 20.5 Å². The molecule has 2 aromatic rings. The number of nitrogens with zero attached hydrogens (tertiary/aromatic N) is 2. The molecule has 0 saturated heterocycles. The Morgan fingerprint density at radius 1 is 1.46 bits per heavy atom. The average molecular weight is 199 g/mol. The van der Waals surface area contributed by atoms with Gasteiger partial charge in [-0.2, -0.15) is 0 Å². The molecule has 0 fully saturated rings. The Bertz CT molecular complexity index is 438. The first-order valence-electron chi connectivity index (χ1n) is 3.43. The Balaban J connectivity index is 0.000000845. The van der Waals surface area contributed by atoms with Crippen molar-refractivity contribution in [2.75, 3.05) is 0 Å². The Morgan fingerprint density at radius 2 is 2.23 bits per heavy atom. The monoisotopic (exact) mass is 198 g/mol. The standard InChI is InChI=1S/C8H6N2O2.ClH/c11-8(12)7-3-1-2-6-4-9-5-10(6)7;/h1-5H,(H,11,12);1H. The maximum Gasteiger partial charge on any atom is 0.352 e. The summed E-state index contributed by atoms with van der Waals surface area (Å²) in [6.07, 6.45) is 3.10. The van der Waals surface area contributed by atoms with Crippen molar-refractivity contribution in [2.45, 2.75) is 0 Å². The molecule has 0 aromatic carbocycles. The third kappa shape index (κ3) is 1.48. The van der Waals surface area contributed by atoms with E-state index in [0.717, 1.165) is 5.52 Å². The Hall–Kier alpha value is -1.55. The lowest BCUT2D eigenvalue weighted by Gasteiger charge is -1.97. The van der Waals surface area contributed by atoms with Gasteiger partial charge in [0.25, 0.3) is 0 Å². The van der Waals surface area contributed by atoms with E-state index in [1.54, 1.807) is 18.3 Å². The van der Waals surface area contributed by atoms with E-state index in [2.05, 4.69) is 4.98 Å². The highest BCUT2D eigenvalue weighted by molar-refractivity contribution is 5.86. The molecule has 2 heterocycles. The van der Waals surface area contributed by atoms with Gasteiger partial charge in [-0.15, -0.1) is 12.4 Å². The van der Waals surface area contributed by atoms with Crippen LogP contribution in [0.5, 0.6) is 0 Å². The van der Waals surface area contributed by atoms with Gasteiger partial charge in [-0.25, -0.2) is 9.78 Å². The third-order valence-electron chi connectivity index (χ3n) is 1.67. The maximum atomic E-state index is 10.7. The number of fused-ring (bicyclic) bond motifs is 1. The SMILES string of the molecule is Cl.O=C(O)c1cccc2cncn12. The first-order valence-corrected chi connectivity index (χ1v) is 3.43. The van der Waals surface area contributed by atoms with Crippen LogP contribution in [0.25, 0.3) is 5.52 Å². The van der Waals surface area contributed by atoms with Gasteiger partial charge < -0.3 is 5.11 Å². The molecule has 0 amide bonds. The van der Waals surface area contributed by atoms with E-state index in [9.17, 15) is 4.79 Å². The van der Waals surface area contributed by atoms with Gasteiger partial charge in [0.05, 0.1) is 18.0 Å². The summed E-state index contributed by atoms with van der Waals surface area (Å²) in [6, 6.07) is 5.04. The second kappa shape index (κ2) is 3.45. The molecule has 2 rings (SSSR count). The van der Waals surface area contributed by atoms with Crippen molar-refractivity contribution in [3.63, 3.8) is 0 Å². The summed E-state index contributed by atoms with van der Waals surface area (Å²) >= 11 is 0. The van der Waals surface area contributed by atoms with Gasteiger partial charge in [-0.1, -0.05) is 6.07 Å². The number of aromatic carboxylic acids is 1. The molecule has 0 radical (unpaired) electrons. The highest BCUT2D eigenvalue weighted by Crippen LogP contribution is 2.05. The van der Waals surface area contributed by atoms with Gasteiger partial charge in [-0.05, 0) is 12.1 Å². The molecule has 4 nitrogen and oxygen atoms in total. The lowest BCUT2D eigenvalue weighted by molar-refractivity contribution is 0.0689. The zero-order valence-electron chi connectivity index (χ0n) is 6.54. The predicted octanol–water partition coefficient (Wildman–Crippen LogP) is 1.45.